The van der Waals surface area contributed by atoms with E-state index in [0.29, 0.717) is 5.56 Å². The molecule has 1 aromatic rings. The lowest BCUT2D eigenvalue weighted by atomic mass is 9.98. The van der Waals surface area contributed by atoms with Gasteiger partial charge in [0, 0.05) is 11.3 Å². The maximum absolute atomic E-state index is 12.7. The van der Waals surface area contributed by atoms with E-state index in [2.05, 4.69) is 10.5 Å². The third-order valence-electron chi connectivity index (χ3n) is 2.58. The normalized spacial score (nSPS) is 10.6. The molecule has 0 radical (unpaired) electrons. The maximum atomic E-state index is 12.7. The Bertz CT molecular complexity index is 426. The van der Waals surface area contributed by atoms with Gasteiger partial charge in [-0.1, -0.05) is 27.7 Å². The van der Waals surface area contributed by atoms with E-state index in [1.165, 1.54) is 24.3 Å². The summed E-state index contributed by atoms with van der Waals surface area (Å²) in [5.41, 5.74) is 3.84. The first-order chi connectivity index (χ1) is 8.41. The number of nitrogens with one attached hydrogen (secondary N) is 1. The van der Waals surface area contributed by atoms with Gasteiger partial charge in [-0.3, -0.25) is 4.79 Å². The molecule has 0 bridgehead atoms. The number of hydrogen-bond acceptors (Lipinski definition) is 2. The lowest BCUT2D eigenvalue weighted by molar-refractivity contribution is 0.0954. The summed E-state index contributed by atoms with van der Waals surface area (Å²) in [6, 6.07) is 5.38. The van der Waals surface area contributed by atoms with Crippen molar-refractivity contribution >= 4 is 11.6 Å². The number of hydrazone groups is 1. The Kier molecular flexibility index (Phi) is 5.01. The molecule has 3 nitrogen and oxygen atoms in total. The third kappa shape index (κ3) is 3.95. The van der Waals surface area contributed by atoms with Crippen LogP contribution in [0.1, 0.15) is 38.1 Å². The van der Waals surface area contributed by atoms with Crippen molar-refractivity contribution in [3.05, 3.63) is 35.6 Å². The number of carbonyl (C=O) groups is 1. The van der Waals surface area contributed by atoms with Gasteiger partial charge in [0.15, 0.2) is 0 Å². The van der Waals surface area contributed by atoms with Crippen LogP contribution in [0.15, 0.2) is 29.4 Å². The molecule has 18 heavy (non-hydrogen) atoms. The van der Waals surface area contributed by atoms with E-state index < -0.39 is 0 Å². The van der Waals surface area contributed by atoms with Gasteiger partial charge in [0.05, 0.1) is 0 Å². The van der Waals surface area contributed by atoms with Gasteiger partial charge in [-0.15, -0.1) is 0 Å². The van der Waals surface area contributed by atoms with Crippen molar-refractivity contribution in [2.24, 2.45) is 16.9 Å². The van der Waals surface area contributed by atoms with E-state index in [4.69, 9.17) is 0 Å². The molecule has 0 fully saturated rings. The molecule has 0 saturated heterocycles. The van der Waals surface area contributed by atoms with Gasteiger partial charge in [0.2, 0.25) is 0 Å². The minimum atomic E-state index is -0.361. The second kappa shape index (κ2) is 6.28. The molecule has 0 atom stereocenters. The number of halogens is 1. The molecule has 0 aliphatic rings. The standard InChI is InChI=1S/C14H19FN2O/c1-9(2)13(10(3)4)16-17-14(18)11-5-7-12(15)8-6-11/h5-10H,1-4H3,(H,17,18). The Balaban J connectivity index is 2.76. The van der Waals surface area contributed by atoms with Crippen LogP contribution in [0, 0.1) is 17.7 Å². The van der Waals surface area contributed by atoms with Gasteiger partial charge >= 0.3 is 0 Å². The van der Waals surface area contributed by atoms with E-state index in [0.717, 1.165) is 5.71 Å². The summed E-state index contributed by atoms with van der Waals surface area (Å²) in [5.74, 6) is -0.133. The van der Waals surface area contributed by atoms with Crippen molar-refractivity contribution in [2.45, 2.75) is 27.7 Å². The topological polar surface area (TPSA) is 41.5 Å². The zero-order chi connectivity index (χ0) is 13.7. The molecular formula is C14H19FN2O. The predicted octanol–water partition coefficient (Wildman–Crippen LogP) is 3.22. The Hall–Kier alpha value is -1.71. The van der Waals surface area contributed by atoms with Gasteiger partial charge in [0.25, 0.3) is 5.91 Å². The monoisotopic (exact) mass is 250 g/mol. The summed E-state index contributed by atoms with van der Waals surface area (Å²) in [7, 11) is 0. The molecule has 1 amide bonds. The van der Waals surface area contributed by atoms with Crippen LogP contribution in [0.25, 0.3) is 0 Å². The molecule has 0 unspecified atom stereocenters. The Morgan fingerprint density at radius 1 is 1.11 bits per heavy atom. The molecule has 1 rings (SSSR count). The van der Waals surface area contributed by atoms with Crippen molar-refractivity contribution in [1.82, 2.24) is 5.43 Å². The highest BCUT2D eigenvalue weighted by Gasteiger charge is 2.11. The van der Waals surface area contributed by atoms with Crippen LogP contribution in [0.5, 0.6) is 0 Å². The van der Waals surface area contributed by atoms with Crippen molar-refractivity contribution in [2.75, 3.05) is 0 Å². The van der Waals surface area contributed by atoms with E-state index in [1.807, 2.05) is 27.7 Å². The molecule has 4 heteroatoms. The number of carbonyl (C=O) groups excluding carboxylic acids is 1. The van der Waals surface area contributed by atoms with Crippen LogP contribution in [0.2, 0.25) is 0 Å². The summed E-state index contributed by atoms with van der Waals surface area (Å²) in [6.07, 6.45) is 0. The van der Waals surface area contributed by atoms with E-state index >= 15 is 0 Å². The van der Waals surface area contributed by atoms with Crippen molar-refractivity contribution in [3.8, 4) is 0 Å². The highest BCUT2D eigenvalue weighted by atomic mass is 19.1. The molecule has 0 heterocycles. The molecule has 0 aliphatic carbocycles. The number of nitrogens with zero attached hydrogens (tertiary/aromatic N) is 1. The minimum absolute atomic E-state index is 0.276. The largest absolute Gasteiger partial charge is 0.271 e. The number of rotatable bonds is 4. The van der Waals surface area contributed by atoms with Gasteiger partial charge in [-0.2, -0.15) is 5.10 Å². The molecule has 1 N–H and O–H groups in total. The highest BCUT2D eigenvalue weighted by molar-refractivity contribution is 5.96. The Morgan fingerprint density at radius 2 is 1.61 bits per heavy atom. The lowest BCUT2D eigenvalue weighted by Crippen LogP contribution is -2.24. The van der Waals surface area contributed by atoms with Crippen LogP contribution >= 0.6 is 0 Å². The van der Waals surface area contributed by atoms with Gasteiger partial charge in [0.1, 0.15) is 5.82 Å². The van der Waals surface area contributed by atoms with Gasteiger partial charge in [-0.05, 0) is 36.1 Å². The first-order valence-electron chi connectivity index (χ1n) is 6.05. The molecular weight excluding hydrogens is 231 g/mol. The summed E-state index contributed by atoms with van der Waals surface area (Å²) in [4.78, 5) is 11.8. The number of amides is 1. The fraction of sp³-hybridized carbons (Fsp3) is 0.429. The third-order valence-corrected chi connectivity index (χ3v) is 2.58. The van der Waals surface area contributed by atoms with Gasteiger partial charge in [-0.25, -0.2) is 9.82 Å². The second-order valence-corrected chi connectivity index (χ2v) is 4.79. The van der Waals surface area contributed by atoms with Crippen molar-refractivity contribution in [1.29, 1.82) is 0 Å². The van der Waals surface area contributed by atoms with Crippen LogP contribution in [0.3, 0.4) is 0 Å². The molecule has 0 aliphatic heterocycles. The molecule has 1 aromatic carbocycles. The zero-order valence-electron chi connectivity index (χ0n) is 11.2. The van der Waals surface area contributed by atoms with Crippen LogP contribution in [-0.4, -0.2) is 11.6 Å². The van der Waals surface area contributed by atoms with E-state index in [-0.39, 0.29) is 23.6 Å². The highest BCUT2D eigenvalue weighted by Crippen LogP contribution is 2.08. The SMILES string of the molecule is CC(C)C(=NNC(=O)c1ccc(F)cc1)C(C)C. The second-order valence-electron chi connectivity index (χ2n) is 4.79. The summed E-state index contributed by atoms with van der Waals surface area (Å²) >= 11 is 0. The van der Waals surface area contributed by atoms with E-state index in [1.54, 1.807) is 0 Å². The van der Waals surface area contributed by atoms with Crippen molar-refractivity contribution in [3.63, 3.8) is 0 Å². The number of benzene rings is 1. The lowest BCUT2D eigenvalue weighted by Gasteiger charge is -2.13. The fourth-order valence-corrected chi connectivity index (χ4v) is 1.71. The fourth-order valence-electron chi connectivity index (χ4n) is 1.71. The molecule has 0 saturated carbocycles. The maximum Gasteiger partial charge on any atom is 0.271 e. The summed E-state index contributed by atoms with van der Waals surface area (Å²) < 4.78 is 12.7. The summed E-state index contributed by atoms with van der Waals surface area (Å²) in [6.45, 7) is 8.12. The smallest absolute Gasteiger partial charge is 0.267 e. The average Bonchev–Trinajstić information content (AvgIpc) is 2.28. The Labute approximate surface area is 107 Å². The summed E-state index contributed by atoms with van der Waals surface area (Å²) in [5, 5.41) is 4.14. The minimum Gasteiger partial charge on any atom is -0.267 e. The van der Waals surface area contributed by atoms with Crippen LogP contribution in [-0.2, 0) is 0 Å². The van der Waals surface area contributed by atoms with Gasteiger partial charge < -0.3 is 0 Å². The van der Waals surface area contributed by atoms with Crippen LogP contribution < -0.4 is 5.43 Å². The zero-order valence-corrected chi connectivity index (χ0v) is 11.2. The van der Waals surface area contributed by atoms with E-state index in [9.17, 15) is 9.18 Å². The number of hydrogen-bond donors (Lipinski definition) is 1. The molecule has 0 aromatic heterocycles. The van der Waals surface area contributed by atoms with Crippen molar-refractivity contribution < 1.29 is 9.18 Å². The molecule has 98 valence electrons. The predicted molar refractivity (Wildman–Crippen MR) is 71.0 cm³/mol. The average molecular weight is 250 g/mol. The first kappa shape index (κ1) is 14.4. The Morgan fingerprint density at radius 3 is 2.06 bits per heavy atom. The molecule has 0 spiro atoms. The first-order valence-corrected chi connectivity index (χ1v) is 6.05. The van der Waals surface area contributed by atoms with Crippen LogP contribution in [0.4, 0.5) is 4.39 Å². The quantitative estimate of drug-likeness (QED) is 0.647.